The number of nitrogens with zero attached hydrogens (tertiary/aromatic N) is 2. The average Bonchev–Trinajstić information content (AvgIpc) is 2.45. The lowest BCUT2D eigenvalue weighted by Crippen LogP contribution is -2.48. The van der Waals surface area contributed by atoms with Gasteiger partial charge in [-0.05, 0) is 31.9 Å². The van der Waals surface area contributed by atoms with Gasteiger partial charge in [-0.2, -0.15) is 11.8 Å². The molecule has 0 aromatic carbocycles. The Morgan fingerprint density at radius 1 is 1.48 bits per heavy atom. The molecule has 7 heteroatoms. The van der Waals surface area contributed by atoms with Crippen LogP contribution in [-0.2, 0) is 4.79 Å². The molecule has 1 aliphatic heterocycles. The zero-order chi connectivity index (χ0) is 15.0. The molecule has 0 spiro atoms. The Morgan fingerprint density at radius 3 is 2.71 bits per heavy atom. The van der Waals surface area contributed by atoms with Gasteiger partial charge in [0, 0.05) is 31.9 Å². The van der Waals surface area contributed by atoms with E-state index in [-0.39, 0.29) is 36.4 Å². The summed E-state index contributed by atoms with van der Waals surface area (Å²) in [7, 11) is 3.51. The van der Waals surface area contributed by atoms with Gasteiger partial charge in [0.15, 0.2) is 5.96 Å². The number of hydrogen-bond acceptors (Lipinski definition) is 3. The predicted molar refractivity (Wildman–Crippen MR) is 103 cm³/mol. The van der Waals surface area contributed by atoms with E-state index in [0.717, 1.165) is 18.1 Å². The summed E-state index contributed by atoms with van der Waals surface area (Å²) in [5, 5.41) is 6.83. The Kier molecular flexibility index (Phi) is 11.3. The van der Waals surface area contributed by atoms with Crippen LogP contribution in [0.2, 0.25) is 0 Å². The summed E-state index contributed by atoms with van der Waals surface area (Å²) in [5.41, 5.74) is 0. The first kappa shape index (κ1) is 20.8. The van der Waals surface area contributed by atoms with Gasteiger partial charge in [0.1, 0.15) is 6.54 Å². The summed E-state index contributed by atoms with van der Waals surface area (Å²) in [6.07, 6.45) is 3.45. The Hall–Kier alpha value is -0.180. The van der Waals surface area contributed by atoms with Crippen molar-refractivity contribution in [3.63, 3.8) is 0 Å². The molecule has 0 bridgehead atoms. The van der Waals surface area contributed by atoms with Crippen LogP contribution < -0.4 is 10.6 Å². The first-order chi connectivity index (χ1) is 9.52. The van der Waals surface area contributed by atoms with Crippen molar-refractivity contribution in [1.29, 1.82) is 0 Å². The number of hydrogen-bond donors (Lipinski definition) is 2. The van der Waals surface area contributed by atoms with Crippen molar-refractivity contribution in [1.82, 2.24) is 15.5 Å². The molecule has 1 heterocycles. The molecule has 21 heavy (non-hydrogen) atoms. The van der Waals surface area contributed by atoms with Gasteiger partial charge in [-0.3, -0.25) is 4.79 Å². The van der Waals surface area contributed by atoms with Crippen LogP contribution in [0.15, 0.2) is 4.99 Å². The van der Waals surface area contributed by atoms with E-state index in [0.29, 0.717) is 12.1 Å². The van der Waals surface area contributed by atoms with E-state index in [1.54, 1.807) is 19.0 Å². The molecule has 1 fully saturated rings. The van der Waals surface area contributed by atoms with Gasteiger partial charge in [0.05, 0.1) is 0 Å². The number of halogens is 1. The molecule has 1 amide bonds. The highest BCUT2D eigenvalue weighted by atomic mass is 127. The first-order valence-electron chi connectivity index (χ1n) is 7.38. The van der Waals surface area contributed by atoms with E-state index >= 15 is 0 Å². The number of nitrogens with one attached hydrogen (secondary N) is 2. The maximum Gasteiger partial charge on any atom is 0.243 e. The first-order valence-corrected chi connectivity index (χ1v) is 8.53. The third-order valence-corrected chi connectivity index (χ3v) is 4.58. The van der Waals surface area contributed by atoms with Gasteiger partial charge in [0.2, 0.25) is 5.91 Å². The SMILES string of the molecule is CCC(C)NC(=NCC(=O)N(C)C)NC1CCCSC1.I. The largest absolute Gasteiger partial charge is 0.354 e. The lowest BCUT2D eigenvalue weighted by Gasteiger charge is -2.26. The van der Waals surface area contributed by atoms with Crippen LogP contribution in [0.4, 0.5) is 0 Å². The number of likely N-dealkylation sites (N-methyl/N-ethyl adjacent to an activating group) is 1. The quantitative estimate of drug-likeness (QED) is 0.399. The van der Waals surface area contributed by atoms with Crippen molar-refractivity contribution in [2.75, 3.05) is 32.1 Å². The number of rotatable bonds is 5. The average molecular weight is 428 g/mol. The molecule has 0 saturated carbocycles. The van der Waals surface area contributed by atoms with Crippen molar-refractivity contribution in [2.45, 2.75) is 45.2 Å². The fourth-order valence-corrected chi connectivity index (χ4v) is 2.88. The molecule has 2 atom stereocenters. The van der Waals surface area contributed by atoms with E-state index in [4.69, 9.17) is 0 Å². The second kappa shape index (κ2) is 11.4. The smallest absolute Gasteiger partial charge is 0.243 e. The van der Waals surface area contributed by atoms with Crippen LogP contribution in [0, 0.1) is 0 Å². The maximum atomic E-state index is 11.7. The molecule has 0 radical (unpaired) electrons. The minimum absolute atomic E-state index is 0. The summed E-state index contributed by atoms with van der Waals surface area (Å²) in [4.78, 5) is 17.6. The summed E-state index contributed by atoms with van der Waals surface area (Å²) < 4.78 is 0. The van der Waals surface area contributed by atoms with Crippen LogP contribution in [0.5, 0.6) is 0 Å². The molecule has 2 unspecified atom stereocenters. The molecule has 1 rings (SSSR count). The van der Waals surface area contributed by atoms with Crippen molar-refractivity contribution in [2.24, 2.45) is 4.99 Å². The van der Waals surface area contributed by atoms with Gasteiger partial charge < -0.3 is 15.5 Å². The molecule has 1 saturated heterocycles. The zero-order valence-corrected chi connectivity index (χ0v) is 16.7. The molecule has 2 N–H and O–H groups in total. The molecule has 0 aromatic heterocycles. The maximum absolute atomic E-state index is 11.7. The molecule has 5 nitrogen and oxygen atoms in total. The highest BCUT2D eigenvalue weighted by Crippen LogP contribution is 2.16. The highest BCUT2D eigenvalue weighted by molar-refractivity contribution is 14.0. The zero-order valence-electron chi connectivity index (χ0n) is 13.5. The highest BCUT2D eigenvalue weighted by Gasteiger charge is 2.16. The topological polar surface area (TPSA) is 56.7 Å². The van der Waals surface area contributed by atoms with Gasteiger partial charge in [0.25, 0.3) is 0 Å². The lowest BCUT2D eigenvalue weighted by molar-refractivity contribution is -0.127. The normalized spacial score (nSPS) is 20.2. The second-order valence-electron chi connectivity index (χ2n) is 5.47. The molecular weight excluding hydrogens is 399 g/mol. The van der Waals surface area contributed by atoms with Crippen LogP contribution in [0.1, 0.15) is 33.1 Å². The third kappa shape index (κ3) is 8.75. The molecule has 0 aromatic rings. The number of carbonyl (C=O) groups is 1. The third-order valence-electron chi connectivity index (χ3n) is 3.37. The molecular formula is C14H29IN4OS. The van der Waals surface area contributed by atoms with E-state index in [1.807, 2.05) is 11.8 Å². The van der Waals surface area contributed by atoms with Gasteiger partial charge >= 0.3 is 0 Å². The van der Waals surface area contributed by atoms with Gasteiger partial charge in [-0.15, -0.1) is 24.0 Å². The predicted octanol–water partition coefficient (Wildman–Crippen LogP) is 1.92. The van der Waals surface area contributed by atoms with E-state index in [1.165, 1.54) is 18.6 Å². The summed E-state index contributed by atoms with van der Waals surface area (Å²) >= 11 is 1.98. The number of guanidine groups is 1. The standard InChI is InChI=1S/C14H28N4OS.HI/c1-5-11(2)16-14(15-9-13(19)18(3)4)17-12-7-6-8-20-10-12;/h11-12H,5-10H2,1-4H3,(H2,15,16,17);1H. The number of aliphatic imine (C=N–C) groups is 1. The number of thioether (sulfide) groups is 1. The number of carbonyl (C=O) groups excluding carboxylic acids is 1. The Balaban J connectivity index is 0.00000400. The Morgan fingerprint density at radius 2 is 2.19 bits per heavy atom. The minimum Gasteiger partial charge on any atom is -0.354 e. The van der Waals surface area contributed by atoms with Crippen LogP contribution >= 0.6 is 35.7 Å². The van der Waals surface area contributed by atoms with Crippen LogP contribution in [0.3, 0.4) is 0 Å². The summed E-state index contributed by atoms with van der Waals surface area (Å²) in [6, 6.07) is 0.811. The molecule has 124 valence electrons. The van der Waals surface area contributed by atoms with Crippen LogP contribution in [-0.4, -0.2) is 61.0 Å². The van der Waals surface area contributed by atoms with Crippen LogP contribution in [0.25, 0.3) is 0 Å². The van der Waals surface area contributed by atoms with Crippen molar-refractivity contribution in [3.05, 3.63) is 0 Å². The molecule has 0 aliphatic carbocycles. The van der Waals surface area contributed by atoms with Gasteiger partial charge in [-0.25, -0.2) is 4.99 Å². The second-order valence-corrected chi connectivity index (χ2v) is 6.61. The van der Waals surface area contributed by atoms with Crippen molar-refractivity contribution < 1.29 is 4.79 Å². The number of amides is 1. The fraction of sp³-hybridized carbons (Fsp3) is 0.857. The van der Waals surface area contributed by atoms with E-state index in [2.05, 4.69) is 29.5 Å². The summed E-state index contributed by atoms with van der Waals surface area (Å²) in [6.45, 7) is 4.45. The molecule has 1 aliphatic rings. The van der Waals surface area contributed by atoms with E-state index < -0.39 is 0 Å². The van der Waals surface area contributed by atoms with Crippen molar-refractivity contribution in [3.8, 4) is 0 Å². The Labute approximate surface area is 150 Å². The lowest BCUT2D eigenvalue weighted by atomic mass is 10.2. The Bertz CT molecular complexity index is 333. The van der Waals surface area contributed by atoms with Crippen molar-refractivity contribution >= 4 is 47.6 Å². The fourth-order valence-electron chi connectivity index (χ4n) is 1.80. The summed E-state index contributed by atoms with van der Waals surface area (Å²) in [5.74, 6) is 3.15. The van der Waals surface area contributed by atoms with E-state index in [9.17, 15) is 4.79 Å². The monoisotopic (exact) mass is 428 g/mol. The van der Waals surface area contributed by atoms with Gasteiger partial charge in [-0.1, -0.05) is 6.92 Å². The minimum atomic E-state index is 0.